The van der Waals surface area contributed by atoms with Crippen molar-refractivity contribution >= 4 is 5.91 Å². The molecule has 0 spiro atoms. The summed E-state index contributed by atoms with van der Waals surface area (Å²) in [5.41, 5.74) is 7.25. The lowest BCUT2D eigenvalue weighted by atomic mass is 9.97. The third kappa shape index (κ3) is 3.83. The molecular weight excluding hydrogens is 248 g/mol. The molecule has 1 amide bonds. The Hall–Kier alpha value is -1.35. The first-order chi connectivity index (χ1) is 9.58. The van der Waals surface area contributed by atoms with Crippen molar-refractivity contribution in [3.63, 3.8) is 0 Å². The minimum atomic E-state index is -0.404. The Morgan fingerprint density at radius 2 is 2.00 bits per heavy atom. The third-order valence-electron chi connectivity index (χ3n) is 4.72. The second kappa shape index (κ2) is 6.89. The van der Waals surface area contributed by atoms with Crippen LogP contribution in [0.3, 0.4) is 0 Å². The molecule has 1 fully saturated rings. The zero-order valence-corrected chi connectivity index (χ0v) is 12.5. The van der Waals surface area contributed by atoms with Crippen molar-refractivity contribution in [3.8, 4) is 0 Å². The van der Waals surface area contributed by atoms with Gasteiger partial charge >= 0.3 is 0 Å². The summed E-state index contributed by atoms with van der Waals surface area (Å²) in [5, 5.41) is 3.13. The number of nitrogens with one attached hydrogen (secondary N) is 1. The molecule has 3 N–H and O–H groups in total. The van der Waals surface area contributed by atoms with Gasteiger partial charge in [-0.05, 0) is 43.1 Å². The van der Waals surface area contributed by atoms with Crippen LogP contribution < -0.4 is 11.1 Å². The van der Waals surface area contributed by atoms with E-state index in [-0.39, 0.29) is 5.91 Å². The van der Waals surface area contributed by atoms with E-state index in [2.05, 4.69) is 31.3 Å². The molecule has 1 aliphatic carbocycles. The molecule has 1 aliphatic rings. The fourth-order valence-corrected chi connectivity index (χ4v) is 2.96. The zero-order valence-electron chi connectivity index (χ0n) is 12.5. The van der Waals surface area contributed by atoms with E-state index in [1.165, 1.54) is 12.0 Å². The Morgan fingerprint density at radius 1 is 1.30 bits per heavy atom. The van der Waals surface area contributed by atoms with Crippen LogP contribution in [0.1, 0.15) is 38.7 Å². The summed E-state index contributed by atoms with van der Waals surface area (Å²) in [7, 11) is 0. The van der Waals surface area contributed by atoms with Crippen LogP contribution in [0.4, 0.5) is 0 Å². The highest BCUT2D eigenvalue weighted by Gasteiger charge is 2.31. The molecule has 1 aromatic carbocycles. The molecule has 3 unspecified atom stereocenters. The molecule has 1 saturated carbocycles. The first-order valence-electron chi connectivity index (χ1n) is 7.68. The average Bonchev–Trinajstić information content (AvgIpc) is 2.78. The van der Waals surface area contributed by atoms with E-state index in [9.17, 15) is 4.79 Å². The van der Waals surface area contributed by atoms with Gasteiger partial charge in [0.1, 0.15) is 0 Å². The molecule has 3 heteroatoms. The first-order valence-corrected chi connectivity index (χ1v) is 7.68. The molecule has 0 aromatic heterocycles. The SMILES string of the molecule is CC1CCC(NC(=O)[C@@H](N)CCc2ccccc2)C1C. The van der Waals surface area contributed by atoms with Crippen LogP contribution in [0.25, 0.3) is 0 Å². The van der Waals surface area contributed by atoms with Gasteiger partial charge in [-0.25, -0.2) is 0 Å². The molecular formula is C17H26N2O. The minimum absolute atomic E-state index is 0.00637. The van der Waals surface area contributed by atoms with Gasteiger partial charge < -0.3 is 11.1 Å². The highest BCUT2D eigenvalue weighted by atomic mass is 16.2. The number of carbonyl (C=O) groups is 1. The van der Waals surface area contributed by atoms with Gasteiger partial charge in [-0.15, -0.1) is 0 Å². The minimum Gasteiger partial charge on any atom is -0.352 e. The van der Waals surface area contributed by atoms with Crippen LogP contribution in [0.15, 0.2) is 30.3 Å². The molecule has 110 valence electrons. The van der Waals surface area contributed by atoms with E-state index in [0.717, 1.165) is 12.8 Å². The van der Waals surface area contributed by atoms with E-state index < -0.39 is 6.04 Å². The Balaban J connectivity index is 1.78. The Bertz CT molecular complexity index is 432. The highest BCUT2D eigenvalue weighted by molar-refractivity contribution is 5.81. The van der Waals surface area contributed by atoms with E-state index in [1.807, 2.05) is 18.2 Å². The Morgan fingerprint density at radius 3 is 2.60 bits per heavy atom. The van der Waals surface area contributed by atoms with Gasteiger partial charge in [0, 0.05) is 6.04 Å². The number of benzene rings is 1. The zero-order chi connectivity index (χ0) is 14.5. The van der Waals surface area contributed by atoms with Crippen LogP contribution in [-0.4, -0.2) is 18.0 Å². The second-order valence-electron chi connectivity index (χ2n) is 6.16. The molecule has 0 aliphatic heterocycles. The second-order valence-corrected chi connectivity index (χ2v) is 6.16. The van der Waals surface area contributed by atoms with Crippen LogP contribution in [0.5, 0.6) is 0 Å². The van der Waals surface area contributed by atoms with Crippen molar-refractivity contribution in [1.82, 2.24) is 5.32 Å². The fraction of sp³-hybridized carbons (Fsp3) is 0.588. The predicted molar refractivity (Wildman–Crippen MR) is 82.2 cm³/mol. The van der Waals surface area contributed by atoms with Crippen LogP contribution in [0, 0.1) is 11.8 Å². The number of rotatable bonds is 5. The van der Waals surface area contributed by atoms with Gasteiger partial charge in [0.15, 0.2) is 0 Å². The molecule has 4 atom stereocenters. The molecule has 3 nitrogen and oxygen atoms in total. The lowest BCUT2D eigenvalue weighted by molar-refractivity contribution is -0.123. The fourth-order valence-electron chi connectivity index (χ4n) is 2.96. The highest BCUT2D eigenvalue weighted by Crippen LogP contribution is 2.31. The summed E-state index contributed by atoms with van der Waals surface area (Å²) in [4.78, 5) is 12.1. The van der Waals surface area contributed by atoms with Gasteiger partial charge in [0.25, 0.3) is 0 Å². The number of nitrogens with two attached hydrogens (primary N) is 1. The number of hydrogen-bond acceptors (Lipinski definition) is 2. The van der Waals surface area contributed by atoms with E-state index in [0.29, 0.717) is 24.3 Å². The van der Waals surface area contributed by atoms with E-state index in [1.54, 1.807) is 0 Å². The van der Waals surface area contributed by atoms with Gasteiger partial charge in [-0.3, -0.25) is 4.79 Å². The van der Waals surface area contributed by atoms with Gasteiger partial charge in [0.2, 0.25) is 5.91 Å². The lowest BCUT2D eigenvalue weighted by Crippen LogP contribution is -2.46. The standard InChI is InChI=1S/C17H26N2O/c1-12-8-11-16(13(12)2)19-17(20)15(18)10-9-14-6-4-3-5-7-14/h3-7,12-13,15-16H,8-11,18H2,1-2H3,(H,19,20)/t12?,13?,15-,16?/m0/s1. The van der Waals surface area contributed by atoms with Crippen molar-refractivity contribution in [2.24, 2.45) is 17.6 Å². The maximum atomic E-state index is 12.1. The maximum absolute atomic E-state index is 12.1. The number of aryl methyl sites for hydroxylation is 1. The van der Waals surface area contributed by atoms with Crippen molar-refractivity contribution in [2.75, 3.05) is 0 Å². The summed E-state index contributed by atoms with van der Waals surface area (Å²) < 4.78 is 0. The smallest absolute Gasteiger partial charge is 0.237 e. The van der Waals surface area contributed by atoms with Crippen molar-refractivity contribution in [3.05, 3.63) is 35.9 Å². The Kier molecular flexibility index (Phi) is 5.18. The average molecular weight is 274 g/mol. The maximum Gasteiger partial charge on any atom is 0.237 e. The predicted octanol–water partition coefficient (Wildman–Crippen LogP) is 2.50. The molecule has 20 heavy (non-hydrogen) atoms. The van der Waals surface area contributed by atoms with E-state index >= 15 is 0 Å². The van der Waals surface area contributed by atoms with Crippen LogP contribution >= 0.6 is 0 Å². The lowest BCUT2D eigenvalue weighted by Gasteiger charge is -2.21. The first kappa shape index (κ1) is 15.0. The summed E-state index contributed by atoms with van der Waals surface area (Å²) in [5.74, 6) is 1.26. The molecule has 0 radical (unpaired) electrons. The number of hydrogen-bond donors (Lipinski definition) is 2. The van der Waals surface area contributed by atoms with Gasteiger partial charge in [0.05, 0.1) is 6.04 Å². The van der Waals surface area contributed by atoms with Crippen LogP contribution in [-0.2, 0) is 11.2 Å². The monoisotopic (exact) mass is 274 g/mol. The van der Waals surface area contributed by atoms with Crippen molar-refractivity contribution < 1.29 is 4.79 Å². The van der Waals surface area contributed by atoms with Gasteiger partial charge in [-0.1, -0.05) is 44.2 Å². The van der Waals surface area contributed by atoms with Gasteiger partial charge in [-0.2, -0.15) is 0 Å². The molecule has 0 bridgehead atoms. The third-order valence-corrected chi connectivity index (χ3v) is 4.72. The number of carbonyl (C=O) groups excluding carboxylic acids is 1. The largest absolute Gasteiger partial charge is 0.352 e. The summed E-state index contributed by atoms with van der Waals surface area (Å²) in [6.45, 7) is 4.48. The van der Waals surface area contributed by atoms with E-state index in [4.69, 9.17) is 5.73 Å². The molecule has 2 rings (SSSR count). The molecule has 0 heterocycles. The summed E-state index contributed by atoms with van der Waals surface area (Å²) >= 11 is 0. The molecule has 1 aromatic rings. The van der Waals surface area contributed by atoms with Crippen molar-refractivity contribution in [1.29, 1.82) is 0 Å². The summed E-state index contributed by atoms with van der Waals surface area (Å²) in [6.07, 6.45) is 3.84. The topological polar surface area (TPSA) is 55.1 Å². The summed E-state index contributed by atoms with van der Waals surface area (Å²) in [6, 6.07) is 10.1. The Labute approximate surface area is 121 Å². The quantitative estimate of drug-likeness (QED) is 0.866. The number of amides is 1. The van der Waals surface area contributed by atoms with Crippen LogP contribution in [0.2, 0.25) is 0 Å². The molecule has 0 saturated heterocycles. The van der Waals surface area contributed by atoms with Crippen molar-refractivity contribution in [2.45, 2.75) is 51.6 Å². The normalized spacial score (nSPS) is 27.2.